The number of hydrogen-bond donors (Lipinski definition) is 2. The normalized spacial score (nSPS) is 14.6. The fourth-order valence-electron chi connectivity index (χ4n) is 3.34. The van der Waals surface area contributed by atoms with Crippen molar-refractivity contribution in [2.24, 2.45) is 0 Å². The average molecular weight is 458 g/mol. The number of para-hydroxylation sites is 1. The number of nitrogens with one attached hydrogen (secondary N) is 2. The maximum atomic E-state index is 13.0. The smallest absolute Gasteiger partial charge is 0.271 e. The monoisotopic (exact) mass is 457 g/mol. The molecule has 6 nitrogen and oxygen atoms in total. The van der Waals surface area contributed by atoms with E-state index in [0.29, 0.717) is 27.6 Å². The first-order valence-electron chi connectivity index (χ1n) is 10.4. The zero-order valence-electron chi connectivity index (χ0n) is 18.3. The molecule has 1 aliphatic rings. The Morgan fingerprint density at radius 1 is 1.03 bits per heavy atom. The lowest BCUT2D eigenvalue weighted by Crippen LogP contribution is -2.28. The number of carbonyl (C=O) groups excluding carboxylic acids is 2. The zero-order chi connectivity index (χ0) is 23.4. The van der Waals surface area contributed by atoms with Crippen molar-refractivity contribution in [1.29, 1.82) is 5.41 Å². The maximum absolute atomic E-state index is 13.0. The highest BCUT2D eigenvalue weighted by Gasteiger charge is 2.33. The molecule has 0 aliphatic carbocycles. The van der Waals surface area contributed by atoms with Crippen LogP contribution in [0, 0.1) is 19.3 Å². The molecule has 0 spiro atoms. The van der Waals surface area contributed by atoms with Crippen molar-refractivity contribution in [3.63, 3.8) is 0 Å². The van der Waals surface area contributed by atoms with E-state index in [2.05, 4.69) is 5.32 Å². The summed E-state index contributed by atoms with van der Waals surface area (Å²) in [5.41, 5.74) is 4.15. The Morgan fingerprint density at radius 2 is 1.79 bits per heavy atom. The van der Waals surface area contributed by atoms with Gasteiger partial charge in [0, 0.05) is 11.3 Å². The topological polar surface area (TPSA) is 82.5 Å². The number of thioether (sulfide) groups is 1. The van der Waals surface area contributed by atoms with E-state index in [1.54, 1.807) is 18.2 Å². The van der Waals surface area contributed by atoms with Gasteiger partial charge in [-0.25, -0.2) is 0 Å². The van der Waals surface area contributed by atoms with E-state index in [4.69, 9.17) is 10.1 Å². The Bertz CT molecular complexity index is 1250. The summed E-state index contributed by atoms with van der Waals surface area (Å²) in [5, 5.41) is 11.2. The Hall–Kier alpha value is -3.84. The summed E-state index contributed by atoms with van der Waals surface area (Å²) in [6.45, 7) is 3.76. The standard InChI is InChI=1S/C26H23N3O3S/c1-17-10-12-20(13-11-17)28-24(30)16-32-22-9-4-3-7-19(22)15-23-25(31)29(26(27)33-23)21-8-5-6-18(2)14-21/h3-15,27H,16H2,1-2H3,(H,28,30)/b23-15-,27-26?. The van der Waals surface area contributed by atoms with Gasteiger partial charge in [0.2, 0.25) is 0 Å². The van der Waals surface area contributed by atoms with Gasteiger partial charge >= 0.3 is 0 Å². The summed E-state index contributed by atoms with van der Waals surface area (Å²) in [5.74, 6) is -0.0551. The van der Waals surface area contributed by atoms with Gasteiger partial charge in [-0.05, 0) is 67.6 Å². The van der Waals surface area contributed by atoms with Gasteiger partial charge in [0.15, 0.2) is 11.8 Å². The summed E-state index contributed by atoms with van der Waals surface area (Å²) in [4.78, 5) is 27.1. The molecule has 2 amide bonds. The minimum Gasteiger partial charge on any atom is -0.483 e. The van der Waals surface area contributed by atoms with E-state index in [9.17, 15) is 9.59 Å². The first kappa shape index (κ1) is 22.4. The van der Waals surface area contributed by atoms with Crippen molar-refractivity contribution >= 4 is 46.2 Å². The SMILES string of the molecule is Cc1ccc(NC(=O)COc2ccccc2/C=C2\SC(=N)N(c3cccc(C)c3)C2=O)cc1. The molecule has 0 saturated carbocycles. The summed E-state index contributed by atoms with van der Waals surface area (Å²) < 4.78 is 5.75. The number of rotatable bonds is 6. The van der Waals surface area contributed by atoms with Gasteiger partial charge in [0.1, 0.15) is 5.75 Å². The molecule has 1 fully saturated rings. The molecule has 2 N–H and O–H groups in total. The zero-order valence-corrected chi connectivity index (χ0v) is 19.1. The number of nitrogens with zero attached hydrogens (tertiary/aromatic N) is 1. The molecule has 0 radical (unpaired) electrons. The lowest BCUT2D eigenvalue weighted by molar-refractivity contribution is -0.118. The highest BCUT2D eigenvalue weighted by atomic mass is 32.2. The summed E-state index contributed by atoms with van der Waals surface area (Å²) in [6, 6.07) is 22.2. The van der Waals surface area contributed by atoms with E-state index in [0.717, 1.165) is 22.9 Å². The molecular weight excluding hydrogens is 434 g/mol. The average Bonchev–Trinajstić information content (AvgIpc) is 3.07. The number of amidine groups is 1. The fraction of sp³-hybridized carbons (Fsp3) is 0.115. The number of ether oxygens (including phenoxy) is 1. The van der Waals surface area contributed by atoms with Crippen LogP contribution in [0.1, 0.15) is 16.7 Å². The summed E-state index contributed by atoms with van der Waals surface area (Å²) in [7, 11) is 0. The van der Waals surface area contributed by atoms with Crippen molar-refractivity contribution in [2.45, 2.75) is 13.8 Å². The number of aryl methyl sites for hydroxylation is 2. The van der Waals surface area contributed by atoms with Crippen molar-refractivity contribution in [1.82, 2.24) is 0 Å². The highest BCUT2D eigenvalue weighted by molar-refractivity contribution is 8.19. The molecular formula is C26H23N3O3S. The molecule has 33 heavy (non-hydrogen) atoms. The third-order valence-corrected chi connectivity index (χ3v) is 5.87. The van der Waals surface area contributed by atoms with E-state index < -0.39 is 0 Å². The van der Waals surface area contributed by atoms with Crippen LogP contribution in [0.25, 0.3) is 6.08 Å². The van der Waals surface area contributed by atoms with Crippen LogP contribution in [0.2, 0.25) is 0 Å². The second kappa shape index (κ2) is 9.75. The molecule has 0 unspecified atom stereocenters. The van der Waals surface area contributed by atoms with Crippen LogP contribution in [0.3, 0.4) is 0 Å². The molecule has 0 bridgehead atoms. The van der Waals surface area contributed by atoms with Crippen molar-refractivity contribution in [2.75, 3.05) is 16.8 Å². The Morgan fingerprint density at radius 3 is 2.55 bits per heavy atom. The van der Waals surface area contributed by atoms with Crippen molar-refractivity contribution in [3.05, 3.63) is 94.4 Å². The molecule has 3 aromatic rings. The van der Waals surface area contributed by atoms with Gasteiger partial charge in [0.25, 0.3) is 11.8 Å². The minimum absolute atomic E-state index is 0.146. The second-order valence-corrected chi connectivity index (χ2v) is 8.67. The number of hydrogen-bond acceptors (Lipinski definition) is 5. The third-order valence-electron chi connectivity index (χ3n) is 4.98. The molecule has 0 atom stereocenters. The van der Waals surface area contributed by atoms with Gasteiger partial charge in [-0.1, -0.05) is 48.0 Å². The quantitative estimate of drug-likeness (QED) is 0.487. The van der Waals surface area contributed by atoms with Crippen LogP contribution >= 0.6 is 11.8 Å². The Balaban J connectivity index is 1.48. The summed E-state index contributed by atoms with van der Waals surface area (Å²) >= 11 is 1.10. The van der Waals surface area contributed by atoms with Crippen LogP contribution in [-0.4, -0.2) is 23.6 Å². The number of anilines is 2. The van der Waals surface area contributed by atoms with Crippen LogP contribution in [0.4, 0.5) is 11.4 Å². The minimum atomic E-state index is -0.278. The predicted octanol–water partition coefficient (Wildman–Crippen LogP) is 5.38. The first-order chi connectivity index (χ1) is 15.9. The van der Waals surface area contributed by atoms with E-state index in [1.165, 1.54) is 4.90 Å². The predicted molar refractivity (Wildman–Crippen MR) is 134 cm³/mol. The van der Waals surface area contributed by atoms with E-state index >= 15 is 0 Å². The molecule has 1 saturated heterocycles. The Kier molecular flexibility index (Phi) is 6.60. The van der Waals surface area contributed by atoms with Crippen LogP contribution in [0.5, 0.6) is 5.75 Å². The first-order valence-corrected chi connectivity index (χ1v) is 11.2. The molecule has 4 rings (SSSR count). The van der Waals surface area contributed by atoms with Gasteiger partial charge in [-0.15, -0.1) is 0 Å². The number of carbonyl (C=O) groups is 2. The number of benzene rings is 3. The molecule has 7 heteroatoms. The molecule has 0 aromatic heterocycles. The molecule has 166 valence electrons. The lowest BCUT2D eigenvalue weighted by Gasteiger charge is -2.14. The summed E-state index contributed by atoms with van der Waals surface area (Å²) in [6.07, 6.45) is 1.70. The molecule has 1 aliphatic heterocycles. The van der Waals surface area contributed by atoms with Crippen molar-refractivity contribution in [3.8, 4) is 5.75 Å². The molecule has 3 aromatic carbocycles. The van der Waals surface area contributed by atoms with Crippen molar-refractivity contribution < 1.29 is 14.3 Å². The highest BCUT2D eigenvalue weighted by Crippen LogP contribution is 2.36. The third kappa shape index (κ3) is 5.32. The molecule has 1 heterocycles. The van der Waals surface area contributed by atoms with Gasteiger partial charge < -0.3 is 10.1 Å². The fourth-order valence-corrected chi connectivity index (χ4v) is 4.19. The van der Waals surface area contributed by atoms with Crippen LogP contribution in [-0.2, 0) is 9.59 Å². The van der Waals surface area contributed by atoms with Crippen LogP contribution < -0.4 is 15.0 Å². The van der Waals surface area contributed by atoms with Gasteiger partial charge in [-0.3, -0.25) is 19.9 Å². The second-order valence-electron chi connectivity index (χ2n) is 7.64. The maximum Gasteiger partial charge on any atom is 0.271 e. The van der Waals surface area contributed by atoms with E-state index in [1.807, 2.05) is 74.5 Å². The van der Waals surface area contributed by atoms with Gasteiger partial charge in [0.05, 0.1) is 10.6 Å². The van der Waals surface area contributed by atoms with E-state index in [-0.39, 0.29) is 23.6 Å². The number of amides is 2. The largest absolute Gasteiger partial charge is 0.483 e. The lowest BCUT2D eigenvalue weighted by atomic mass is 10.1. The van der Waals surface area contributed by atoms with Gasteiger partial charge in [-0.2, -0.15) is 0 Å². The van der Waals surface area contributed by atoms with Crippen LogP contribution in [0.15, 0.2) is 77.7 Å². The Labute approximate surface area is 196 Å².